The van der Waals surface area contributed by atoms with Crippen molar-refractivity contribution < 1.29 is 9.59 Å². The number of rotatable bonds is 4. The quantitative estimate of drug-likeness (QED) is 0.465. The highest BCUT2D eigenvalue weighted by Gasteiger charge is 2.40. The third-order valence-corrected chi connectivity index (χ3v) is 5.02. The zero-order valence-electron chi connectivity index (χ0n) is 14.5. The number of nitrogens with zero attached hydrogens (tertiary/aromatic N) is 2. The Morgan fingerprint density at radius 2 is 1.68 bits per heavy atom. The van der Waals surface area contributed by atoms with Gasteiger partial charge in [-0.2, -0.15) is 0 Å². The SMILES string of the molecule is O=C(C1=C(c2ccc(Cl)cc2)C(=O)N(c2ccccc2)C1=S)c1cccnc1. The van der Waals surface area contributed by atoms with E-state index >= 15 is 0 Å². The Balaban J connectivity index is 1.89. The highest BCUT2D eigenvalue weighted by Crippen LogP contribution is 2.35. The number of Topliss-reactive ketones (excluding diaryl/α,β-unsaturated/α-hetero) is 1. The van der Waals surface area contributed by atoms with Gasteiger partial charge in [-0.25, -0.2) is 0 Å². The molecule has 0 N–H and O–H groups in total. The molecule has 1 aromatic heterocycles. The summed E-state index contributed by atoms with van der Waals surface area (Å²) in [4.78, 5) is 32.1. The number of aromatic nitrogens is 1. The Bertz CT molecular complexity index is 1110. The molecule has 0 bridgehead atoms. The van der Waals surface area contributed by atoms with Crippen LogP contribution < -0.4 is 4.90 Å². The van der Waals surface area contributed by atoms with Crippen LogP contribution in [-0.4, -0.2) is 21.7 Å². The van der Waals surface area contributed by atoms with Crippen molar-refractivity contribution in [3.63, 3.8) is 0 Å². The van der Waals surface area contributed by atoms with Gasteiger partial charge in [0.25, 0.3) is 5.91 Å². The lowest BCUT2D eigenvalue weighted by molar-refractivity contribution is -0.112. The maximum absolute atomic E-state index is 13.3. The summed E-state index contributed by atoms with van der Waals surface area (Å²) in [7, 11) is 0. The molecule has 0 radical (unpaired) electrons. The zero-order valence-corrected chi connectivity index (χ0v) is 16.1. The molecule has 1 amide bonds. The first kappa shape index (κ1) is 18.2. The van der Waals surface area contributed by atoms with E-state index in [1.54, 1.807) is 54.7 Å². The van der Waals surface area contributed by atoms with E-state index in [2.05, 4.69) is 4.98 Å². The number of amides is 1. The average Bonchev–Trinajstić information content (AvgIpc) is 2.99. The van der Waals surface area contributed by atoms with Gasteiger partial charge < -0.3 is 0 Å². The minimum absolute atomic E-state index is 0.176. The molecule has 0 spiro atoms. The third kappa shape index (κ3) is 3.15. The van der Waals surface area contributed by atoms with Gasteiger partial charge in [0.2, 0.25) is 0 Å². The second-order valence-corrected chi connectivity index (χ2v) is 6.93. The molecule has 1 aliphatic rings. The summed E-state index contributed by atoms with van der Waals surface area (Å²) < 4.78 is 0. The van der Waals surface area contributed by atoms with Gasteiger partial charge in [0, 0.05) is 23.0 Å². The van der Waals surface area contributed by atoms with Crippen molar-refractivity contribution in [1.29, 1.82) is 0 Å². The van der Waals surface area contributed by atoms with Gasteiger partial charge in [0.1, 0.15) is 4.99 Å². The molecule has 136 valence electrons. The minimum atomic E-state index is -0.342. The maximum atomic E-state index is 13.3. The summed E-state index contributed by atoms with van der Waals surface area (Å²) in [5, 5.41) is 0.539. The molecule has 2 heterocycles. The highest BCUT2D eigenvalue weighted by molar-refractivity contribution is 7.81. The number of carbonyl (C=O) groups is 2. The van der Waals surface area contributed by atoms with Crippen LogP contribution in [0.3, 0.4) is 0 Å². The Morgan fingerprint density at radius 1 is 0.964 bits per heavy atom. The molecule has 3 aromatic rings. The highest BCUT2D eigenvalue weighted by atomic mass is 35.5. The van der Waals surface area contributed by atoms with Gasteiger partial charge >= 0.3 is 0 Å². The molecule has 0 fully saturated rings. The fourth-order valence-electron chi connectivity index (χ4n) is 3.08. The molecular formula is C22H13ClN2O2S. The molecule has 0 saturated heterocycles. The average molecular weight is 405 g/mol. The predicted octanol–water partition coefficient (Wildman–Crippen LogP) is 4.75. The van der Waals surface area contributed by atoms with Gasteiger partial charge in [-0.15, -0.1) is 0 Å². The van der Waals surface area contributed by atoms with E-state index in [0.29, 0.717) is 21.8 Å². The van der Waals surface area contributed by atoms with Crippen LogP contribution in [-0.2, 0) is 4.79 Å². The van der Waals surface area contributed by atoms with Gasteiger partial charge in [-0.3, -0.25) is 19.5 Å². The monoisotopic (exact) mass is 404 g/mol. The first-order chi connectivity index (χ1) is 13.6. The second-order valence-electron chi connectivity index (χ2n) is 6.11. The number of hydrogen-bond donors (Lipinski definition) is 0. The molecular weight excluding hydrogens is 392 g/mol. The summed E-state index contributed by atoms with van der Waals surface area (Å²) in [6.45, 7) is 0. The van der Waals surface area contributed by atoms with Crippen molar-refractivity contribution >= 4 is 51.8 Å². The van der Waals surface area contributed by atoms with E-state index in [-0.39, 0.29) is 27.8 Å². The number of para-hydroxylation sites is 1. The van der Waals surface area contributed by atoms with E-state index in [1.165, 1.54) is 11.1 Å². The first-order valence-corrected chi connectivity index (χ1v) is 9.25. The number of halogens is 1. The number of hydrogen-bond acceptors (Lipinski definition) is 4. The number of thiocarbonyl (C=S) groups is 1. The van der Waals surface area contributed by atoms with Crippen LogP contribution in [0.15, 0.2) is 84.7 Å². The van der Waals surface area contributed by atoms with Crippen LogP contribution in [0.2, 0.25) is 5.02 Å². The summed E-state index contributed by atoms with van der Waals surface area (Å²) in [5.41, 5.74) is 2.02. The van der Waals surface area contributed by atoms with Crippen LogP contribution in [0, 0.1) is 0 Å². The number of anilines is 1. The Morgan fingerprint density at radius 3 is 2.32 bits per heavy atom. The van der Waals surface area contributed by atoms with E-state index in [0.717, 1.165) is 0 Å². The maximum Gasteiger partial charge on any atom is 0.264 e. The summed E-state index contributed by atoms with van der Waals surface area (Å²) in [5.74, 6) is -0.680. The summed E-state index contributed by atoms with van der Waals surface area (Å²) >= 11 is 11.6. The molecule has 0 saturated carbocycles. The van der Waals surface area contributed by atoms with Crippen molar-refractivity contribution in [3.05, 3.63) is 101 Å². The van der Waals surface area contributed by atoms with Crippen molar-refractivity contribution in [2.24, 2.45) is 0 Å². The fourth-order valence-corrected chi connectivity index (χ4v) is 3.59. The number of carbonyl (C=O) groups excluding carboxylic acids is 2. The third-order valence-electron chi connectivity index (χ3n) is 4.38. The molecule has 4 nitrogen and oxygen atoms in total. The largest absolute Gasteiger partial charge is 0.288 e. The van der Waals surface area contributed by atoms with Gasteiger partial charge in [-0.05, 0) is 42.0 Å². The molecule has 6 heteroatoms. The molecule has 2 aromatic carbocycles. The van der Waals surface area contributed by atoms with Gasteiger partial charge in [-0.1, -0.05) is 54.2 Å². The van der Waals surface area contributed by atoms with Crippen molar-refractivity contribution in [1.82, 2.24) is 4.98 Å². The zero-order chi connectivity index (χ0) is 19.7. The lowest BCUT2D eigenvalue weighted by Crippen LogP contribution is -2.31. The molecule has 0 atom stereocenters. The van der Waals surface area contributed by atoms with E-state index in [9.17, 15) is 9.59 Å². The lowest BCUT2D eigenvalue weighted by Gasteiger charge is -2.17. The van der Waals surface area contributed by atoms with E-state index in [4.69, 9.17) is 23.8 Å². The minimum Gasteiger partial charge on any atom is -0.288 e. The lowest BCUT2D eigenvalue weighted by atomic mass is 9.96. The van der Waals surface area contributed by atoms with Crippen LogP contribution in [0.1, 0.15) is 15.9 Å². The smallest absolute Gasteiger partial charge is 0.264 e. The van der Waals surface area contributed by atoms with E-state index < -0.39 is 0 Å². The van der Waals surface area contributed by atoms with Crippen molar-refractivity contribution in [2.45, 2.75) is 0 Å². The second kappa shape index (κ2) is 7.46. The Labute approximate surface area is 172 Å². The predicted molar refractivity (Wildman–Crippen MR) is 113 cm³/mol. The topological polar surface area (TPSA) is 50.3 Å². The Hall–Kier alpha value is -3.15. The Kier molecular flexibility index (Phi) is 4.86. The van der Waals surface area contributed by atoms with Crippen LogP contribution >= 0.6 is 23.8 Å². The molecule has 0 aliphatic carbocycles. The molecule has 4 rings (SSSR count). The number of benzene rings is 2. The van der Waals surface area contributed by atoms with Crippen molar-refractivity contribution in [3.8, 4) is 0 Å². The number of pyridine rings is 1. The summed E-state index contributed by atoms with van der Waals surface area (Å²) in [6, 6.07) is 19.1. The molecule has 1 aliphatic heterocycles. The summed E-state index contributed by atoms with van der Waals surface area (Å²) in [6.07, 6.45) is 3.05. The van der Waals surface area contributed by atoms with E-state index in [1.807, 2.05) is 18.2 Å². The molecule has 28 heavy (non-hydrogen) atoms. The number of ketones is 1. The normalized spacial score (nSPS) is 14.0. The van der Waals surface area contributed by atoms with Gasteiger partial charge in [0.05, 0.1) is 16.8 Å². The van der Waals surface area contributed by atoms with Crippen LogP contribution in [0.5, 0.6) is 0 Å². The van der Waals surface area contributed by atoms with Crippen molar-refractivity contribution in [2.75, 3.05) is 4.90 Å². The molecule has 0 unspecified atom stereocenters. The van der Waals surface area contributed by atoms with Gasteiger partial charge in [0.15, 0.2) is 5.78 Å². The van der Waals surface area contributed by atoms with Crippen LogP contribution in [0.25, 0.3) is 5.57 Å². The first-order valence-electron chi connectivity index (χ1n) is 8.46. The standard InChI is InChI=1S/C22H13ClN2O2S/c23-16-10-8-14(9-11-16)18-19(20(26)15-5-4-12-24-13-15)22(28)25(21(18)27)17-6-2-1-3-7-17/h1-13H. The fraction of sp³-hybridized carbons (Fsp3) is 0. The van der Waals surface area contributed by atoms with Crippen LogP contribution in [0.4, 0.5) is 5.69 Å².